The average molecular weight is 275 g/mol. The van der Waals surface area contributed by atoms with Gasteiger partial charge in [0.05, 0.1) is 0 Å². The molecule has 1 aliphatic heterocycles. The van der Waals surface area contributed by atoms with E-state index in [4.69, 9.17) is 5.73 Å². The SMILES string of the molecule is NCC1CCN(c2n[nH]c(-c3ccc(=O)[nH]n3)n2)CC1. The molecule has 0 radical (unpaired) electrons. The lowest BCUT2D eigenvalue weighted by Crippen LogP contribution is -2.36. The molecule has 3 heterocycles. The van der Waals surface area contributed by atoms with Crippen LogP contribution in [-0.4, -0.2) is 45.0 Å². The first-order chi connectivity index (χ1) is 9.76. The van der Waals surface area contributed by atoms with Crippen LogP contribution in [0.5, 0.6) is 0 Å². The second-order valence-corrected chi connectivity index (χ2v) is 4.96. The Balaban J connectivity index is 1.74. The molecule has 1 fully saturated rings. The number of nitrogens with one attached hydrogen (secondary N) is 2. The van der Waals surface area contributed by atoms with Gasteiger partial charge in [0.15, 0.2) is 5.82 Å². The molecular weight excluding hydrogens is 258 g/mol. The van der Waals surface area contributed by atoms with E-state index in [-0.39, 0.29) is 5.56 Å². The summed E-state index contributed by atoms with van der Waals surface area (Å²) in [5.41, 5.74) is 6.02. The fraction of sp³-hybridized carbons (Fsp3) is 0.500. The molecule has 0 saturated carbocycles. The Labute approximate surface area is 115 Å². The van der Waals surface area contributed by atoms with Gasteiger partial charge in [0.25, 0.3) is 5.56 Å². The number of rotatable bonds is 3. The maximum atomic E-state index is 11.0. The number of aromatic nitrogens is 5. The summed E-state index contributed by atoms with van der Waals surface area (Å²) in [6.07, 6.45) is 2.13. The van der Waals surface area contributed by atoms with Crippen molar-refractivity contribution in [3.8, 4) is 11.5 Å². The van der Waals surface area contributed by atoms with E-state index in [2.05, 4.69) is 30.3 Å². The van der Waals surface area contributed by atoms with Gasteiger partial charge in [0.2, 0.25) is 5.95 Å². The number of nitrogens with zero attached hydrogens (tertiary/aromatic N) is 4. The van der Waals surface area contributed by atoms with Gasteiger partial charge in [-0.2, -0.15) is 10.1 Å². The van der Waals surface area contributed by atoms with Crippen LogP contribution in [0, 0.1) is 5.92 Å². The molecular formula is C12H17N7O. The van der Waals surface area contributed by atoms with E-state index < -0.39 is 0 Å². The monoisotopic (exact) mass is 275 g/mol. The topological polar surface area (TPSA) is 117 Å². The number of aromatic amines is 2. The lowest BCUT2D eigenvalue weighted by molar-refractivity contribution is 0.411. The Morgan fingerprint density at radius 2 is 2.05 bits per heavy atom. The van der Waals surface area contributed by atoms with Crippen LogP contribution >= 0.6 is 0 Å². The number of nitrogens with two attached hydrogens (primary N) is 1. The van der Waals surface area contributed by atoms with Crippen LogP contribution in [0.15, 0.2) is 16.9 Å². The maximum Gasteiger partial charge on any atom is 0.264 e. The molecule has 0 aliphatic carbocycles. The molecule has 1 aliphatic rings. The first kappa shape index (κ1) is 12.8. The van der Waals surface area contributed by atoms with Gasteiger partial charge in [0, 0.05) is 19.2 Å². The summed E-state index contributed by atoms with van der Waals surface area (Å²) in [4.78, 5) is 17.5. The molecule has 2 aromatic heterocycles. The molecule has 4 N–H and O–H groups in total. The minimum atomic E-state index is -0.239. The van der Waals surface area contributed by atoms with E-state index in [1.807, 2.05) is 0 Å². The molecule has 106 valence electrons. The normalized spacial score (nSPS) is 16.6. The largest absolute Gasteiger partial charge is 0.340 e. The highest BCUT2D eigenvalue weighted by molar-refractivity contribution is 5.50. The van der Waals surface area contributed by atoms with Crippen molar-refractivity contribution in [1.29, 1.82) is 0 Å². The Bertz CT molecular complexity index is 606. The predicted octanol–water partition coefficient (Wildman–Crippen LogP) is -0.270. The zero-order valence-corrected chi connectivity index (χ0v) is 11.0. The summed E-state index contributed by atoms with van der Waals surface area (Å²) in [5.74, 6) is 1.83. The Kier molecular flexibility index (Phi) is 3.46. The van der Waals surface area contributed by atoms with Crippen molar-refractivity contribution in [3.63, 3.8) is 0 Å². The van der Waals surface area contributed by atoms with Crippen LogP contribution in [0.25, 0.3) is 11.5 Å². The van der Waals surface area contributed by atoms with Crippen LogP contribution in [-0.2, 0) is 0 Å². The third-order valence-electron chi connectivity index (χ3n) is 3.63. The smallest absolute Gasteiger partial charge is 0.264 e. The maximum absolute atomic E-state index is 11.0. The van der Waals surface area contributed by atoms with Gasteiger partial charge < -0.3 is 10.6 Å². The van der Waals surface area contributed by atoms with Crippen molar-refractivity contribution in [3.05, 3.63) is 22.5 Å². The van der Waals surface area contributed by atoms with Crippen LogP contribution in [0.3, 0.4) is 0 Å². The van der Waals surface area contributed by atoms with E-state index in [1.54, 1.807) is 6.07 Å². The molecule has 8 heteroatoms. The van der Waals surface area contributed by atoms with Crippen molar-refractivity contribution in [1.82, 2.24) is 25.4 Å². The molecule has 20 heavy (non-hydrogen) atoms. The van der Waals surface area contributed by atoms with E-state index in [0.29, 0.717) is 23.4 Å². The van der Waals surface area contributed by atoms with E-state index in [9.17, 15) is 4.79 Å². The van der Waals surface area contributed by atoms with Crippen LogP contribution in [0.1, 0.15) is 12.8 Å². The summed E-state index contributed by atoms with van der Waals surface area (Å²) in [6.45, 7) is 2.57. The summed E-state index contributed by atoms with van der Waals surface area (Å²) in [7, 11) is 0. The predicted molar refractivity (Wildman–Crippen MR) is 74.2 cm³/mol. The molecule has 3 rings (SSSR count). The van der Waals surface area contributed by atoms with Crippen molar-refractivity contribution in [2.24, 2.45) is 11.7 Å². The molecule has 2 aromatic rings. The highest BCUT2D eigenvalue weighted by Gasteiger charge is 2.21. The van der Waals surface area contributed by atoms with Crippen molar-refractivity contribution >= 4 is 5.95 Å². The standard InChI is InChI=1S/C12H17N7O/c13-7-8-3-5-19(6-4-8)12-14-11(17-18-12)9-1-2-10(20)16-15-9/h1-2,8H,3-7,13H2,(H,16,20)(H,14,17,18). The molecule has 0 aromatic carbocycles. The van der Waals surface area contributed by atoms with Crippen LogP contribution < -0.4 is 16.2 Å². The van der Waals surface area contributed by atoms with Gasteiger partial charge in [-0.15, -0.1) is 5.10 Å². The van der Waals surface area contributed by atoms with Gasteiger partial charge in [-0.05, 0) is 31.4 Å². The fourth-order valence-corrected chi connectivity index (χ4v) is 2.35. The highest BCUT2D eigenvalue weighted by Crippen LogP contribution is 2.21. The summed E-state index contributed by atoms with van der Waals surface area (Å²) < 4.78 is 0. The lowest BCUT2D eigenvalue weighted by Gasteiger charge is -2.30. The third-order valence-corrected chi connectivity index (χ3v) is 3.63. The minimum absolute atomic E-state index is 0.239. The van der Waals surface area contributed by atoms with E-state index in [0.717, 1.165) is 32.5 Å². The Morgan fingerprint density at radius 1 is 1.25 bits per heavy atom. The van der Waals surface area contributed by atoms with Gasteiger partial charge >= 0.3 is 0 Å². The van der Waals surface area contributed by atoms with Crippen molar-refractivity contribution in [2.75, 3.05) is 24.5 Å². The molecule has 8 nitrogen and oxygen atoms in total. The minimum Gasteiger partial charge on any atom is -0.340 e. The fourth-order valence-electron chi connectivity index (χ4n) is 2.35. The van der Waals surface area contributed by atoms with Gasteiger partial charge in [-0.1, -0.05) is 0 Å². The zero-order valence-electron chi connectivity index (χ0n) is 11.0. The quantitative estimate of drug-likeness (QED) is 0.710. The van der Waals surface area contributed by atoms with E-state index >= 15 is 0 Å². The number of H-pyrrole nitrogens is 2. The molecule has 0 atom stereocenters. The zero-order chi connectivity index (χ0) is 13.9. The third kappa shape index (κ3) is 2.55. The molecule has 0 spiro atoms. The number of anilines is 1. The first-order valence-electron chi connectivity index (χ1n) is 6.70. The first-order valence-corrected chi connectivity index (χ1v) is 6.70. The van der Waals surface area contributed by atoms with Gasteiger partial charge in [-0.3, -0.25) is 9.89 Å². The van der Waals surface area contributed by atoms with Crippen LogP contribution in [0.4, 0.5) is 5.95 Å². The molecule has 0 unspecified atom stereocenters. The summed E-state index contributed by atoms with van der Waals surface area (Å²) in [5, 5.41) is 13.4. The summed E-state index contributed by atoms with van der Waals surface area (Å²) >= 11 is 0. The van der Waals surface area contributed by atoms with Crippen molar-refractivity contribution in [2.45, 2.75) is 12.8 Å². The lowest BCUT2D eigenvalue weighted by atomic mass is 9.97. The van der Waals surface area contributed by atoms with Crippen LogP contribution in [0.2, 0.25) is 0 Å². The number of hydrogen-bond donors (Lipinski definition) is 3. The summed E-state index contributed by atoms with van der Waals surface area (Å²) in [6, 6.07) is 3.03. The Hall–Kier alpha value is -2.22. The second-order valence-electron chi connectivity index (χ2n) is 4.96. The molecule has 0 amide bonds. The van der Waals surface area contributed by atoms with Crippen molar-refractivity contribution < 1.29 is 0 Å². The highest BCUT2D eigenvalue weighted by atomic mass is 16.1. The van der Waals surface area contributed by atoms with E-state index in [1.165, 1.54) is 6.07 Å². The number of hydrogen-bond acceptors (Lipinski definition) is 6. The average Bonchev–Trinajstić information content (AvgIpc) is 2.98. The number of piperidine rings is 1. The Morgan fingerprint density at radius 3 is 2.70 bits per heavy atom. The second kappa shape index (κ2) is 5.41. The van der Waals surface area contributed by atoms with Gasteiger partial charge in [0.1, 0.15) is 5.69 Å². The molecule has 0 bridgehead atoms. The van der Waals surface area contributed by atoms with Gasteiger partial charge in [-0.25, -0.2) is 5.10 Å². The molecule has 1 saturated heterocycles.